The summed E-state index contributed by atoms with van der Waals surface area (Å²) in [5.74, 6) is -0.499. The van der Waals surface area contributed by atoms with Gasteiger partial charge in [-0.25, -0.2) is 13.1 Å². The van der Waals surface area contributed by atoms with Crippen LogP contribution in [0.15, 0.2) is 14.1 Å². The van der Waals surface area contributed by atoms with Crippen LogP contribution in [0.25, 0.3) is 0 Å². The first-order valence-electron chi connectivity index (χ1n) is 4.73. The molecule has 0 bridgehead atoms. The average molecular weight is 324 g/mol. The Morgan fingerprint density at radius 1 is 1.56 bits per heavy atom. The van der Waals surface area contributed by atoms with Crippen LogP contribution in [0.5, 0.6) is 0 Å². The molecule has 0 saturated heterocycles. The van der Waals surface area contributed by atoms with Gasteiger partial charge in [-0.2, -0.15) is 0 Å². The molecule has 1 aliphatic rings. The number of amides is 1. The van der Waals surface area contributed by atoms with Crippen LogP contribution in [0.1, 0.15) is 18.4 Å². The zero-order valence-corrected chi connectivity index (χ0v) is 11.7. The van der Waals surface area contributed by atoms with Crippen LogP contribution in [-0.2, 0) is 14.8 Å². The second-order valence-corrected chi connectivity index (χ2v) is 8.05. The van der Waals surface area contributed by atoms with Crippen LogP contribution in [0, 0.1) is 12.8 Å². The SMILES string of the molecule is Cc1cc(S(=O)(=O)NC(=O)C2CC2)sc1Br. The van der Waals surface area contributed by atoms with Gasteiger partial charge in [0.05, 0.1) is 3.79 Å². The van der Waals surface area contributed by atoms with Crippen LogP contribution in [0.2, 0.25) is 0 Å². The third kappa shape index (κ3) is 2.46. The first kappa shape index (κ1) is 12.1. The molecule has 16 heavy (non-hydrogen) atoms. The second kappa shape index (κ2) is 4.12. The van der Waals surface area contributed by atoms with Crippen LogP contribution in [0.4, 0.5) is 0 Å². The van der Waals surface area contributed by atoms with Crippen molar-refractivity contribution in [2.45, 2.75) is 24.0 Å². The maximum absolute atomic E-state index is 11.8. The molecule has 0 unspecified atom stereocenters. The summed E-state index contributed by atoms with van der Waals surface area (Å²) in [6.07, 6.45) is 1.57. The summed E-state index contributed by atoms with van der Waals surface area (Å²) in [6, 6.07) is 1.55. The van der Waals surface area contributed by atoms with E-state index in [4.69, 9.17) is 0 Å². The lowest BCUT2D eigenvalue weighted by atomic mass is 10.4. The fourth-order valence-corrected chi connectivity index (χ4v) is 4.44. The Kier molecular flexibility index (Phi) is 3.11. The van der Waals surface area contributed by atoms with Crippen molar-refractivity contribution in [3.63, 3.8) is 0 Å². The summed E-state index contributed by atoms with van der Waals surface area (Å²) in [4.78, 5) is 11.4. The first-order chi connectivity index (χ1) is 7.40. The molecule has 0 aliphatic heterocycles. The fourth-order valence-electron chi connectivity index (χ4n) is 1.18. The van der Waals surface area contributed by atoms with E-state index >= 15 is 0 Å². The van der Waals surface area contributed by atoms with Crippen LogP contribution < -0.4 is 4.72 Å². The summed E-state index contributed by atoms with van der Waals surface area (Å²) in [6.45, 7) is 1.81. The fraction of sp³-hybridized carbons (Fsp3) is 0.444. The molecule has 1 amide bonds. The number of rotatable bonds is 3. The molecule has 2 rings (SSSR count). The highest BCUT2D eigenvalue weighted by molar-refractivity contribution is 9.11. The van der Waals surface area contributed by atoms with E-state index in [2.05, 4.69) is 20.7 Å². The Morgan fingerprint density at radius 2 is 2.19 bits per heavy atom. The van der Waals surface area contributed by atoms with Crippen molar-refractivity contribution in [2.75, 3.05) is 0 Å². The number of carbonyl (C=O) groups excluding carboxylic acids is 1. The molecule has 1 saturated carbocycles. The largest absolute Gasteiger partial charge is 0.274 e. The van der Waals surface area contributed by atoms with Gasteiger partial charge in [-0.15, -0.1) is 11.3 Å². The molecule has 4 nitrogen and oxygen atoms in total. The highest BCUT2D eigenvalue weighted by atomic mass is 79.9. The Labute approximate surface area is 106 Å². The summed E-state index contributed by atoms with van der Waals surface area (Å²) in [7, 11) is -3.68. The van der Waals surface area contributed by atoms with Crippen LogP contribution in [-0.4, -0.2) is 14.3 Å². The first-order valence-corrected chi connectivity index (χ1v) is 7.82. The van der Waals surface area contributed by atoms with E-state index in [-0.39, 0.29) is 16.0 Å². The third-order valence-electron chi connectivity index (χ3n) is 2.28. The number of hydrogen-bond acceptors (Lipinski definition) is 4. The van der Waals surface area contributed by atoms with Crippen molar-refractivity contribution in [1.82, 2.24) is 4.72 Å². The van der Waals surface area contributed by atoms with Gasteiger partial charge in [-0.05, 0) is 47.3 Å². The summed E-state index contributed by atoms with van der Waals surface area (Å²) < 4.78 is 26.6. The third-order valence-corrected chi connectivity index (χ3v) is 6.24. The quantitative estimate of drug-likeness (QED) is 0.925. The number of sulfonamides is 1. The van der Waals surface area contributed by atoms with Crippen molar-refractivity contribution in [3.05, 3.63) is 15.4 Å². The van der Waals surface area contributed by atoms with Gasteiger partial charge in [0.15, 0.2) is 0 Å². The molecule has 0 aromatic carbocycles. The second-order valence-electron chi connectivity index (χ2n) is 3.77. The van der Waals surface area contributed by atoms with Crippen LogP contribution >= 0.6 is 27.3 Å². The lowest BCUT2D eigenvalue weighted by molar-refractivity contribution is -0.120. The molecule has 0 spiro atoms. The minimum absolute atomic E-state index is 0.112. The van der Waals surface area contributed by atoms with Gasteiger partial charge in [0.1, 0.15) is 4.21 Å². The van der Waals surface area contributed by atoms with Gasteiger partial charge < -0.3 is 0 Å². The number of thiophene rings is 1. The monoisotopic (exact) mass is 323 g/mol. The molecule has 1 aromatic heterocycles. The lowest BCUT2D eigenvalue weighted by Crippen LogP contribution is -2.31. The van der Waals surface area contributed by atoms with E-state index in [1.807, 2.05) is 6.92 Å². The van der Waals surface area contributed by atoms with Crippen molar-refractivity contribution in [3.8, 4) is 0 Å². The Bertz CT molecular complexity index is 511. The molecule has 1 heterocycles. The summed E-state index contributed by atoms with van der Waals surface area (Å²) >= 11 is 4.37. The number of halogens is 1. The number of aryl methyl sites for hydroxylation is 1. The van der Waals surface area contributed by atoms with E-state index in [9.17, 15) is 13.2 Å². The van der Waals surface area contributed by atoms with Crippen LogP contribution in [0.3, 0.4) is 0 Å². The number of carbonyl (C=O) groups is 1. The standard InChI is InChI=1S/C9H10BrNO3S2/c1-5-4-7(15-8(5)10)16(13,14)11-9(12)6-2-3-6/h4,6H,2-3H2,1H3,(H,11,12). The highest BCUT2D eigenvalue weighted by Gasteiger charge is 2.33. The topological polar surface area (TPSA) is 63.2 Å². The molecule has 1 N–H and O–H groups in total. The average Bonchev–Trinajstić information content (AvgIpc) is 2.94. The maximum atomic E-state index is 11.8. The molecule has 7 heteroatoms. The van der Waals surface area contributed by atoms with Gasteiger partial charge in [0.2, 0.25) is 5.91 Å². The van der Waals surface area contributed by atoms with Gasteiger partial charge in [-0.3, -0.25) is 4.79 Å². The van der Waals surface area contributed by atoms with Gasteiger partial charge in [-0.1, -0.05) is 0 Å². The predicted molar refractivity (Wildman–Crippen MR) is 64.8 cm³/mol. The number of hydrogen-bond donors (Lipinski definition) is 1. The van der Waals surface area contributed by atoms with E-state index in [0.29, 0.717) is 0 Å². The molecule has 0 atom stereocenters. The molecule has 0 radical (unpaired) electrons. The molecular weight excluding hydrogens is 314 g/mol. The minimum atomic E-state index is -3.68. The summed E-state index contributed by atoms with van der Waals surface area (Å²) in [5, 5.41) is 0. The van der Waals surface area contributed by atoms with Crippen molar-refractivity contribution < 1.29 is 13.2 Å². The van der Waals surface area contributed by atoms with E-state index in [0.717, 1.165) is 33.5 Å². The Hall–Kier alpha value is -0.400. The smallest absolute Gasteiger partial charge is 0.273 e. The van der Waals surface area contributed by atoms with Gasteiger partial charge in [0.25, 0.3) is 10.0 Å². The minimum Gasteiger partial charge on any atom is -0.274 e. The molecule has 1 aromatic rings. The molecule has 1 aliphatic carbocycles. The van der Waals surface area contributed by atoms with Gasteiger partial charge >= 0.3 is 0 Å². The lowest BCUT2D eigenvalue weighted by Gasteiger charge is -2.02. The van der Waals surface area contributed by atoms with Crippen molar-refractivity contribution in [2.24, 2.45) is 5.92 Å². The zero-order chi connectivity index (χ0) is 11.9. The highest BCUT2D eigenvalue weighted by Crippen LogP contribution is 2.32. The van der Waals surface area contributed by atoms with E-state index < -0.39 is 10.0 Å². The van der Waals surface area contributed by atoms with E-state index in [1.165, 1.54) is 0 Å². The predicted octanol–water partition coefficient (Wildman–Crippen LogP) is 2.03. The summed E-state index contributed by atoms with van der Waals surface area (Å²) in [5.41, 5.74) is 0.851. The Balaban J connectivity index is 2.21. The van der Waals surface area contributed by atoms with E-state index in [1.54, 1.807) is 6.07 Å². The van der Waals surface area contributed by atoms with Crippen molar-refractivity contribution in [1.29, 1.82) is 0 Å². The maximum Gasteiger partial charge on any atom is 0.273 e. The zero-order valence-electron chi connectivity index (χ0n) is 8.49. The number of nitrogens with one attached hydrogen (secondary N) is 1. The molecular formula is C9H10BrNO3S2. The normalized spacial score (nSPS) is 16.1. The Morgan fingerprint density at radius 3 is 2.62 bits per heavy atom. The van der Waals surface area contributed by atoms with Gasteiger partial charge in [0, 0.05) is 5.92 Å². The molecule has 88 valence electrons. The van der Waals surface area contributed by atoms with Crippen molar-refractivity contribution >= 4 is 43.2 Å². The molecule has 1 fully saturated rings.